The summed E-state index contributed by atoms with van der Waals surface area (Å²) in [5.41, 5.74) is 0.536. The largest absolute Gasteiger partial charge is 0.205 e. The number of benzene rings is 1. The topological polar surface area (TPSA) is 23.8 Å². The Bertz CT molecular complexity index is 347. The van der Waals surface area contributed by atoms with Gasteiger partial charge in [-0.15, -0.1) is 0 Å². The van der Waals surface area contributed by atoms with E-state index in [0.29, 0.717) is 5.56 Å². The summed E-state index contributed by atoms with van der Waals surface area (Å²) in [4.78, 5) is 0. The summed E-state index contributed by atoms with van der Waals surface area (Å²) in [6.07, 6.45) is 0. The van der Waals surface area contributed by atoms with E-state index in [2.05, 4.69) is 0 Å². The molecule has 1 aromatic rings. The maximum absolute atomic E-state index is 13.0. The average Bonchev–Trinajstić information content (AvgIpc) is 2.12. The summed E-state index contributed by atoms with van der Waals surface area (Å²) in [6, 6.07) is 4.71. The van der Waals surface area contributed by atoms with Crippen molar-refractivity contribution in [2.45, 2.75) is 12.8 Å². The Morgan fingerprint density at radius 1 is 1.46 bits per heavy atom. The van der Waals surface area contributed by atoms with Gasteiger partial charge in [0.1, 0.15) is 5.82 Å². The van der Waals surface area contributed by atoms with Gasteiger partial charge in [-0.25, -0.2) is 4.39 Å². The Morgan fingerprint density at radius 2 is 2.08 bits per heavy atom. The molecule has 0 bridgehead atoms. The van der Waals surface area contributed by atoms with Gasteiger partial charge >= 0.3 is 0 Å². The molecule has 1 nitrogen and oxygen atoms in total. The lowest BCUT2D eigenvalue weighted by Crippen LogP contribution is -1.91. The van der Waals surface area contributed by atoms with Gasteiger partial charge in [0.05, 0.1) is 22.0 Å². The molecule has 1 atom stereocenters. The summed E-state index contributed by atoms with van der Waals surface area (Å²) in [7, 11) is 0. The molecule has 0 spiro atoms. The van der Waals surface area contributed by atoms with Crippen molar-refractivity contribution in [2.24, 2.45) is 0 Å². The van der Waals surface area contributed by atoms with Gasteiger partial charge in [-0.3, -0.25) is 0 Å². The standard InChI is InChI=1S/C9H6Cl2FN/c1-5(4-13)6-2-7(10)9(11)8(12)3-6/h2-3,5H,1H3. The second kappa shape index (κ2) is 3.95. The van der Waals surface area contributed by atoms with E-state index in [9.17, 15) is 4.39 Å². The first-order chi connectivity index (χ1) is 6.06. The minimum absolute atomic E-state index is 0.101. The zero-order valence-corrected chi connectivity index (χ0v) is 8.33. The molecule has 1 unspecified atom stereocenters. The van der Waals surface area contributed by atoms with Crippen LogP contribution in [-0.4, -0.2) is 0 Å². The quantitative estimate of drug-likeness (QED) is 0.658. The van der Waals surface area contributed by atoms with Crippen LogP contribution in [-0.2, 0) is 0 Å². The number of halogens is 3. The van der Waals surface area contributed by atoms with Gasteiger partial charge in [-0.2, -0.15) is 5.26 Å². The zero-order valence-electron chi connectivity index (χ0n) is 6.81. The fourth-order valence-electron chi connectivity index (χ4n) is 0.900. The van der Waals surface area contributed by atoms with Crippen molar-refractivity contribution in [2.75, 3.05) is 0 Å². The Hall–Kier alpha value is -0.780. The number of nitriles is 1. The molecule has 0 aliphatic heterocycles. The normalized spacial score (nSPS) is 12.2. The van der Waals surface area contributed by atoms with Crippen molar-refractivity contribution >= 4 is 23.2 Å². The molecule has 0 aromatic heterocycles. The summed E-state index contributed by atoms with van der Waals surface area (Å²) in [5.74, 6) is -0.976. The predicted molar refractivity (Wildman–Crippen MR) is 50.4 cm³/mol. The summed E-state index contributed by atoms with van der Waals surface area (Å²) >= 11 is 11.1. The summed E-state index contributed by atoms with van der Waals surface area (Å²) in [6.45, 7) is 1.67. The molecule has 1 rings (SSSR count). The monoisotopic (exact) mass is 217 g/mol. The molecule has 0 saturated carbocycles. The first-order valence-electron chi connectivity index (χ1n) is 3.60. The fourth-order valence-corrected chi connectivity index (χ4v) is 1.23. The van der Waals surface area contributed by atoms with Crippen LogP contribution in [0.15, 0.2) is 12.1 Å². The van der Waals surface area contributed by atoms with Crippen LogP contribution in [0.5, 0.6) is 0 Å². The van der Waals surface area contributed by atoms with E-state index in [0.717, 1.165) is 0 Å². The zero-order chi connectivity index (χ0) is 10.0. The predicted octanol–water partition coefficient (Wildman–Crippen LogP) is 3.76. The lowest BCUT2D eigenvalue weighted by molar-refractivity contribution is 0.625. The van der Waals surface area contributed by atoms with Crippen molar-refractivity contribution in [3.63, 3.8) is 0 Å². The molecule has 0 aliphatic carbocycles. The van der Waals surface area contributed by atoms with Crippen LogP contribution in [0.2, 0.25) is 10.0 Å². The maximum Gasteiger partial charge on any atom is 0.143 e. The van der Waals surface area contributed by atoms with Gasteiger partial charge in [0, 0.05) is 0 Å². The molecule has 13 heavy (non-hydrogen) atoms. The number of hydrogen-bond acceptors (Lipinski definition) is 1. The number of hydrogen-bond donors (Lipinski definition) is 0. The molecule has 0 N–H and O–H groups in total. The molecular formula is C9H6Cl2FN. The molecule has 68 valence electrons. The van der Waals surface area contributed by atoms with Crippen LogP contribution in [0.1, 0.15) is 18.4 Å². The first-order valence-corrected chi connectivity index (χ1v) is 4.36. The van der Waals surface area contributed by atoms with E-state index in [4.69, 9.17) is 28.5 Å². The van der Waals surface area contributed by atoms with Crippen LogP contribution in [0.3, 0.4) is 0 Å². The lowest BCUT2D eigenvalue weighted by Gasteiger charge is -2.05. The van der Waals surface area contributed by atoms with Crippen LogP contribution >= 0.6 is 23.2 Å². The van der Waals surface area contributed by atoms with Crippen molar-refractivity contribution < 1.29 is 4.39 Å². The van der Waals surface area contributed by atoms with E-state index >= 15 is 0 Å². The second-order valence-corrected chi connectivity index (χ2v) is 3.43. The molecule has 4 heteroatoms. The molecule has 0 aliphatic rings. The van der Waals surface area contributed by atoms with Crippen LogP contribution < -0.4 is 0 Å². The molecule has 0 saturated heterocycles. The van der Waals surface area contributed by atoms with E-state index < -0.39 is 5.82 Å². The van der Waals surface area contributed by atoms with Crippen LogP contribution in [0.25, 0.3) is 0 Å². The van der Waals surface area contributed by atoms with Crippen LogP contribution in [0, 0.1) is 17.1 Å². The van der Waals surface area contributed by atoms with Crippen molar-refractivity contribution in [1.29, 1.82) is 5.26 Å². The Kier molecular flexibility index (Phi) is 3.13. The van der Waals surface area contributed by atoms with Gasteiger partial charge in [-0.1, -0.05) is 23.2 Å². The number of nitrogens with zero attached hydrogens (tertiary/aromatic N) is 1. The van der Waals surface area contributed by atoms with Crippen LogP contribution in [0.4, 0.5) is 4.39 Å². The molecule has 1 aromatic carbocycles. The van der Waals surface area contributed by atoms with Gasteiger partial charge in [0.25, 0.3) is 0 Å². The molecule has 0 fully saturated rings. The SMILES string of the molecule is CC(C#N)c1cc(F)c(Cl)c(Cl)c1. The highest BCUT2D eigenvalue weighted by atomic mass is 35.5. The third-order valence-electron chi connectivity index (χ3n) is 1.70. The third kappa shape index (κ3) is 2.12. The van der Waals surface area contributed by atoms with Gasteiger partial charge in [-0.05, 0) is 24.6 Å². The first kappa shape index (κ1) is 10.3. The summed E-state index contributed by atoms with van der Waals surface area (Å²) < 4.78 is 13.0. The Balaban J connectivity index is 3.22. The molecular weight excluding hydrogens is 212 g/mol. The van der Waals surface area contributed by atoms with E-state index in [-0.39, 0.29) is 16.0 Å². The van der Waals surface area contributed by atoms with Crippen molar-refractivity contribution in [3.8, 4) is 6.07 Å². The maximum atomic E-state index is 13.0. The van der Waals surface area contributed by atoms with Gasteiger partial charge in [0.15, 0.2) is 0 Å². The number of rotatable bonds is 1. The fraction of sp³-hybridized carbons (Fsp3) is 0.222. The average molecular weight is 218 g/mol. The molecule has 0 amide bonds. The van der Waals surface area contributed by atoms with E-state index in [1.165, 1.54) is 12.1 Å². The highest BCUT2D eigenvalue weighted by molar-refractivity contribution is 6.42. The van der Waals surface area contributed by atoms with Crippen molar-refractivity contribution in [1.82, 2.24) is 0 Å². The van der Waals surface area contributed by atoms with Gasteiger partial charge in [0.2, 0.25) is 0 Å². The Morgan fingerprint density at radius 3 is 2.54 bits per heavy atom. The Labute approximate surface area is 85.7 Å². The van der Waals surface area contributed by atoms with Crippen molar-refractivity contribution in [3.05, 3.63) is 33.6 Å². The highest BCUT2D eigenvalue weighted by Crippen LogP contribution is 2.29. The summed E-state index contributed by atoms with van der Waals surface area (Å²) in [5, 5.41) is 8.63. The van der Waals surface area contributed by atoms with E-state index in [1.807, 2.05) is 6.07 Å². The minimum Gasteiger partial charge on any atom is -0.205 e. The lowest BCUT2D eigenvalue weighted by atomic mass is 10.0. The minimum atomic E-state index is -0.591. The van der Waals surface area contributed by atoms with Gasteiger partial charge < -0.3 is 0 Å². The smallest absolute Gasteiger partial charge is 0.143 e. The highest BCUT2D eigenvalue weighted by Gasteiger charge is 2.11. The van der Waals surface area contributed by atoms with E-state index in [1.54, 1.807) is 6.92 Å². The third-order valence-corrected chi connectivity index (χ3v) is 2.48. The molecule has 0 radical (unpaired) electrons. The molecule has 0 heterocycles. The second-order valence-electron chi connectivity index (χ2n) is 2.65.